The van der Waals surface area contributed by atoms with E-state index in [1.54, 1.807) is 24.4 Å². The van der Waals surface area contributed by atoms with Crippen molar-refractivity contribution in [2.45, 2.75) is 19.6 Å². The van der Waals surface area contributed by atoms with Crippen LogP contribution in [-0.4, -0.2) is 40.7 Å². The molecular formula is C15H22N4O3. The summed E-state index contributed by atoms with van der Waals surface area (Å²) < 4.78 is 12.5. The van der Waals surface area contributed by atoms with Crippen molar-refractivity contribution in [2.24, 2.45) is 7.05 Å². The van der Waals surface area contributed by atoms with Gasteiger partial charge in [-0.15, -0.1) is 0 Å². The van der Waals surface area contributed by atoms with Crippen LogP contribution in [0, 0.1) is 0 Å². The molecule has 22 heavy (non-hydrogen) atoms. The molecule has 0 bridgehead atoms. The van der Waals surface area contributed by atoms with Gasteiger partial charge >= 0.3 is 6.03 Å². The Morgan fingerprint density at radius 2 is 2.41 bits per heavy atom. The van der Waals surface area contributed by atoms with Crippen molar-refractivity contribution in [1.82, 2.24) is 19.8 Å². The molecule has 2 heterocycles. The highest BCUT2D eigenvalue weighted by molar-refractivity contribution is 5.73. The second-order valence-corrected chi connectivity index (χ2v) is 5.03. The third-order valence-corrected chi connectivity index (χ3v) is 3.21. The first-order chi connectivity index (χ1) is 10.7. The number of rotatable bonds is 8. The molecule has 2 amide bonds. The number of imidazole rings is 1. The lowest BCUT2D eigenvalue weighted by Crippen LogP contribution is -2.38. The third kappa shape index (κ3) is 4.92. The van der Waals surface area contributed by atoms with Crippen molar-refractivity contribution in [3.63, 3.8) is 0 Å². The number of aromatic nitrogens is 2. The summed E-state index contributed by atoms with van der Waals surface area (Å²) in [5.74, 6) is 1.65. The van der Waals surface area contributed by atoms with Gasteiger partial charge < -0.3 is 23.9 Å². The highest BCUT2D eigenvalue weighted by Gasteiger charge is 2.10. The molecule has 0 fully saturated rings. The van der Waals surface area contributed by atoms with Crippen molar-refractivity contribution in [3.8, 4) is 0 Å². The molecule has 0 radical (unpaired) electrons. The van der Waals surface area contributed by atoms with Crippen molar-refractivity contribution in [1.29, 1.82) is 0 Å². The first-order valence-corrected chi connectivity index (χ1v) is 7.22. The Bertz CT molecular complexity index is 565. The maximum Gasteiger partial charge on any atom is 0.317 e. The average molecular weight is 306 g/mol. The minimum atomic E-state index is -0.117. The third-order valence-electron chi connectivity index (χ3n) is 3.21. The molecule has 2 aromatic rings. The lowest BCUT2D eigenvalue weighted by Gasteiger charge is -2.17. The Morgan fingerprint density at radius 1 is 1.55 bits per heavy atom. The van der Waals surface area contributed by atoms with Gasteiger partial charge in [0.05, 0.1) is 12.8 Å². The zero-order valence-corrected chi connectivity index (χ0v) is 13.0. The number of carbonyl (C=O) groups is 1. The molecule has 2 rings (SSSR count). The zero-order chi connectivity index (χ0) is 15.8. The molecule has 1 N–H and O–H groups in total. The van der Waals surface area contributed by atoms with Gasteiger partial charge in [-0.05, 0) is 18.6 Å². The van der Waals surface area contributed by atoms with Crippen molar-refractivity contribution in [2.75, 3.05) is 20.2 Å². The predicted molar refractivity (Wildman–Crippen MR) is 81.1 cm³/mol. The van der Waals surface area contributed by atoms with E-state index in [-0.39, 0.29) is 6.03 Å². The standard InChI is InChI=1S/C15H22N4O3/c1-18-8-7-16-14(18)11-19(2)15(20)17-6-4-9-21-12-13-5-3-10-22-13/h3,5,7-8,10H,4,6,9,11-12H2,1-2H3,(H,17,20). The molecule has 0 spiro atoms. The monoisotopic (exact) mass is 306 g/mol. The van der Waals surface area contributed by atoms with Crippen LogP contribution >= 0.6 is 0 Å². The Balaban J connectivity index is 1.56. The molecule has 120 valence electrons. The second-order valence-electron chi connectivity index (χ2n) is 5.03. The van der Waals surface area contributed by atoms with Gasteiger partial charge in [-0.1, -0.05) is 0 Å². The maximum atomic E-state index is 11.9. The Kier molecular flexibility index (Phi) is 6.02. The number of furan rings is 1. The van der Waals surface area contributed by atoms with Gasteiger partial charge in [0.2, 0.25) is 0 Å². The second kappa shape index (κ2) is 8.23. The van der Waals surface area contributed by atoms with E-state index < -0.39 is 0 Å². The van der Waals surface area contributed by atoms with E-state index in [1.165, 1.54) is 0 Å². The van der Waals surface area contributed by atoms with Gasteiger partial charge in [-0.25, -0.2) is 9.78 Å². The smallest absolute Gasteiger partial charge is 0.317 e. The highest BCUT2D eigenvalue weighted by Crippen LogP contribution is 2.02. The summed E-state index contributed by atoms with van der Waals surface area (Å²) in [6.07, 6.45) is 5.95. The van der Waals surface area contributed by atoms with Crippen molar-refractivity contribution in [3.05, 3.63) is 42.4 Å². The van der Waals surface area contributed by atoms with E-state index in [4.69, 9.17) is 9.15 Å². The van der Waals surface area contributed by atoms with Crippen LogP contribution in [-0.2, 0) is 24.9 Å². The van der Waals surface area contributed by atoms with Crippen LogP contribution in [0.1, 0.15) is 18.0 Å². The fraction of sp³-hybridized carbons (Fsp3) is 0.467. The van der Waals surface area contributed by atoms with Crippen LogP contribution in [0.2, 0.25) is 0 Å². The number of nitrogens with one attached hydrogen (secondary N) is 1. The Morgan fingerprint density at radius 3 is 3.09 bits per heavy atom. The largest absolute Gasteiger partial charge is 0.467 e. The summed E-state index contributed by atoms with van der Waals surface area (Å²) >= 11 is 0. The average Bonchev–Trinajstić information content (AvgIpc) is 3.15. The minimum Gasteiger partial charge on any atom is -0.467 e. The Hall–Kier alpha value is -2.28. The minimum absolute atomic E-state index is 0.117. The van der Waals surface area contributed by atoms with E-state index in [2.05, 4.69) is 10.3 Å². The van der Waals surface area contributed by atoms with Crippen LogP contribution in [0.25, 0.3) is 0 Å². The summed E-state index contributed by atoms with van der Waals surface area (Å²) in [5.41, 5.74) is 0. The number of nitrogens with zero attached hydrogens (tertiary/aromatic N) is 3. The normalized spacial score (nSPS) is 10.6. The predicted octanol–water partition coefficient (Wildman–Crippen LogP) is 1.76. The fourth-order valence-electron chi connectivity index (χ4n) is 1.90. The molecule has 0 aromatic carbocycles. The molecule has 0 saturated heterocycles. The van der Waals surface area contributed by atoms with Crippen molar-refractivity contribution >= 4 is 6.03 Å². The molecule has 0 aliphatic heterocycles. The summed E-state index contributed by atoms with van der Waals surface area (Å²) in [4.78, 5) is 17.7. The van der Waals surface area contributed by atoms with Gasteiger partial charge in [0.25, 0.3) is 0 Å². The molecule has 0 aliphatic rings. The maximum absolute atomic E-state index is 11.9. The summed E-state index contributed by atoms with van der Waals surface area (Å²) in [6, 6.07) is 3.58. The molecule has 7 nitrogen and oxygen atoms in total. The topological polar surface area (TPSA) is 72.5 Å². The van der Waals surface area contributed by atoms with E-state index >= 15 is 0 Å². The van der Waals surface area contributed by atoms with E-state index in [9.17, 15) is 4.79 Å². The van der Waals surface area contributed by atoms with Gasteiger partial charge in [-0.2, -0.15) is 0 Å². The number of hydrogen-bond donors (Lipinski definition) is 1. The lowest BCUT2D eigenvalue weighted by atomic mass is 10.4. The number of amides is 2. The number of hydrogen-bond acceptors (Lipinski definition) is 4. The fourth-order valence-corrected chi connectivity index (χ4v) is 1.90. The Labute approximate surface area is 129 Å². The first kappa shape index (κ1) is 16.1. The SMILES string of the molecule is CN(Cc1nccn1C)C(=O)NCCCOCc1ccco1. The number of ether oxygens (including phenoxy) is 1. The van der Waals surface area contributed by atoms with E-state index in [1.807, 2.05) is 29.9 Å². The van der Waals surface area contributed by atoms with Crippen LogP contribution < -0.4 is 5.32 Å². The number of aryl methyl sites for hydroxylation is 1. The summed E-state index contributed by atoms with van der Waals surface area (Å²) in [6.45, 7) is 2.08. The molecule has 7 heteroatoms. The number of carbonyl (C=O) groups excluding carboxylic acids is 1. The number of urea groups is 1. The zero-order valence-electron chi connectivity index (χ0n) is 13.0. The summed E-state index contributed by atoms with van der Waals surface area (Å²) in [5, 5.41) is 2.85. The van der Waals surface area contributed by atoms with E-state index in [0.29, 0.717) is 26.3 Å². The molecule has 0 aliphatic carbocycles. The van der Waals surface area contributed by atoms with Crippen LogP contribution in [0.4, 0.5) is 4.79 Å². The first-order valence-electron chi connectivity index (χ1n) is 7.22. The molecule has 0 unspecified atom stereocenters. The highest BCUT2D eigenvalue weighted by atomic mass is 16.5. The molecular weight excluding hydrogens is 284 g/mol. The lowest BCUT2D eigenvalue weighted by molar-refractivity contribution is 0.104. The molecule has 0 atom stereocenters. The molecule has 2 aromatic heterocycles. The van der Waals surface area contributed by atoms with Gasteiger partial charge in [0.15, 0.2) is 0 Å². The van der Waals surface area contributed by atoms with Gasteiger partial charge in [0.1, 0.15) is 18.2 Å². The van der Waals surface area contributed by atoms with Crippen molar-refractivity contribution < 1.29 is 13.9 Å². The van der Waals surface area contributed by atoms with Gasteiger partial charge in [-0.3, -0.25) is 0 Å². The summed E-state index contributed by atoms with van der Waals surface area (Å²) in [7, 11) is 3.65. The van der Waals surface area contributed by atoms with Crippen LogP contribution in [0.15, 0.2) is 35.2 Å². The quantitative estimate of drug-likeness (QED) is 0.754. The van der Waals surface area contributed by atoms with E-state index in [0.717, 1.165) is 18.0 Å². The van der Waals surface area contributed by atoms with Gasteiger partial charge in [0, 0.05) is 39.6 Å². The molecule has 0 saturated carbocycles. The van der Waals surface area contributed by atoms with Crippen LogP contribution in [0.5, 0.6) is 0 Å². The van der Waals surface area contributed by atoms with Crippen LogP contribution in [0.3, 0.4) is 0 Å².